The molecular weight excluding hydrogens is 328 g/mol. The van der Waals surface area contributed by atoms with Crippen LogP contribution in [0.2, 0.25) is 0 Å². The lowest BCUT2D eigenvalue weighted by atomic mass is 10.0. The summed E-state index contributed by atoms with van der Waals surface area (Å²) in [6.45, 7) is 5.13. The van der Waals surface area contributed by atoms with Crippen molar-refractivity contribution in [3.63, 3.8) is 0 Å². The number of unbranched alkanes of at least 4 members (excludes halogenated alkanes) is 14. The van der Waals surface area contributed by atoms with Crippen molar-refractivity contribution < 1.29 is 19.1 Å². The Labute approximate surface area is 161 Å². The molecule has 4 heteroatoms. The van der Waals surface area contributed by atoms with Crippen LogP contribution in [0, 0.1) is 0 Å². The summed E-state index contributed by atoms with van der Waals surface area (Å²) < 4.78 is 9.77. The van der Waals surface area contributed by atoms with E-state index in [1.165, 1.54) is 90.4 Å². The van der Waals surface area contributed by atoms with Crippen LogP contribution in [0.4, 0.5) is 0 Å². The number of hydrogen-bond donors (Lipinski definition) is 0. The fourth-order valence-corrected chi connectivity index (χ4v) is 3.14. The molecule has 0 bridgehead atoms. The van der Waals surface area contributed by atoms with Gasteiger partial charge in [-0.25, -0.2) is 0 Å². The minimum atomic E-state index is -0.781. The molecule has 1 unspecified atom stereocenters. The summed E-state index contributed by atoms with van der Waals surface area (Å²) >= 11 is 0. The smallest absolute Gasteiger partial charge is 0.308 e. The van der Waals surface area contributed by atoms with Crippen molar-refractivity contribution in [2.24, 2.45) is 0 Å². The molecule has 4 nitrogen and oxygen atoms in total. The number of carbonyl (C=O) groups excluding carboxylic acids is 2. The van der Waals surface area contributed by atoms with Crippen LogP contribution in [0.25, 0.3) is 0 Å². The molecule has 0 saturated carbocycles. The predicted octanol–water partition coefficient (Wildman–Crippen LogP) is 6.70. The van der Waals surface area contributed by atoms with Crippen LogP contribution in [0.3, 0.4) is 0 Å². The van der Waals surface area contributed by atoms with Crippen LogP contribution < -0.4 is 0 Å². The van der Waals surface area contributed by atoms with E-state index in [0.29, 0.717) is 6.42 Å². The molecule has 0 rings (SSSR count). The van der Waals surface area contributed by atoms with Gasteiger partial charge in [0.1, 0.15) is 0 Å². The van der Waals surface area contributed by atoms with Gasteiger partial charge in [-0.3, -0.25) is 9.59 Å². The van der Waals surface area contributed by atoms with Crippen molar-refractivity contribution >= 4 is 11.9 Å². The molecule has 0 radical (unpaired) electrons. The first-order chi connectivity index (χ1) is 12.6. The maximum absolute atomic E-state index is 11.6. The molecular formula is C22H42O4. The molecule has 0 amide bonds. The monoisotopic (exact) mass is 370 g/mol. The third-order valence-corrected chi connectivity index (χ3v) is 4.61. The summed E-state index contributed by atoms with van der Waals surface area (Å²) in [7, 11) is 0. The standard InChI is InChI=1S/C22H42O4/c1-4-5-6-7-8-9-10-11-12-13-14-15-16-17-18-19-22(24)26-21(3)25-20(2)23/h21H,4-19H2,1-3H3. The average molecular weight is 371 g/mol. The molecule has 26 heavy (non-hydrogen) atoms. The second-order valence-corrected chi connectivity index (χ2v) is 7.37. The van der Waals surface area contributed by atoms with Crippen LogP contribution in [0.1, 0.15) is 124 Å². The zero-order valence-corrected chi connectivity index (χ0v) is 17.5. The highest BCUT2D eigenvalue weighted by Gasteiger charge is 2.11. The Morgan fingerprint density at radius 3 is 1.42 bits per heavy atom. The maximum atomic E-state index is 11.6. The van der Waals surface area contributed by atoms with Gasteiger partial charge in [-0.05, 0) is 6.42 Å². The van der Waals surface area contributed by atoms with Crippen LogP contribution in [0.15, 0.2) is 0 Å². The van der Waals surface area contributed by atoms with Gasteiger partial charge in [0.25, 0.3) is 0 Å². The SMILES string of the molecule is CCCCCCCCCCCCCCCCCC(=O)OC(C)OC(C)=O. The van der Waals surface area contributed by atoms with Gasteiger partial charge >= 0.3 is 11.9 Å². The molecule has 0 heterocycles. The molecule has 0 aliphatic rings. The van der Waals surface area contributed by atoms with Crippen LogP contribution >= 0.6 is 0 Å². The molecule has 0 aliphatic carbocycles. The summed E-state index contributed by atoms with van der Waals surface area (Å²) in [5.74, 6) is -0.717. The van der Waals surface area contributed by atoms with E-state index in [9.17, 15) is 9.59 Å². The van der Waals surface area contributed by atoms with E-state index in [1.807, 2.05) is 0 Å². The van der Waals surface area contributed by atoms with Gasteiger partial charge in [-0.2, -0.15) is 0 Å². The van der Waals surface area contributed by atoms with Crippen molar-refractivity contribution in [1.82, 2.24) is 0 Å². The van der Waals surface area contributed by atoms with Gasteiger partial charge in [0.05, 0.1) is 0 Å². The van der Waals surface area contributed by atoms with E-state index in [-0.39, 0.29) is 5.97 Å². The number of hydrogen-bond acceptors (Lipinski definition) is 4. The zero-order valence-electron chi connectivity index (χ0n) is 17.5. The molecule has 0 aromatic rings. The quantitative estimate of drug-likeness (QED) is 0.153. The Morgan fingerprint density at radius 1 is 0.654 bits per heavy atom. The number of carbonyl (C=O) groups is 2. The second kappa shape index (κ2) is 18.7. The third kappa shape index (κ3) is 19.3. The van der Waals surface area contributed by atoms with E-state index in [1.54, 1.807) is 6.92 Å². The lowest BCUT2D eigenvalue weighted by Gasteiger charge is -2.12. The van der Waals surface area contributed by atoms with Crippen LogP contribution in [-0.2, 0) is 19.1 Å². The van der Waals surface area contributed by atoms with Crippen molar-refractivity contribution in [3.8, 4) is 0 Å². The van der Waals surface area contributed by atoms with Gasteiger partial charge < -0.3 is 9.47 Å². The lowest BCUT2D eigenvalue weighted by molar-refractivity contribution is -0.182. The van der Waals surface area contributed by atoms with Gasteiger partial charge in [-0.15, -0.1) is 0 Å². The molecule has 0 spiro atoms. The zero-order chi connectivity index (χ0) is 19.5. The maximum Gasteiger partial charge on any atom is 0.308 e. The highest BCUT2D eigenvalue weighted by molar-refractivity contribution is 5.70. The van der Waals surface area contributed by atoms with Crippen molar-refractivity contribution in [2.75, 3.05) is 0 Å². The van der Waals surface area contributed by atoms with Gasteiger partial charge in [0, 0.05) is 20.3 Å². The molecule has 1 atom stereocenters. The first-order valence-corrected chi connectivity index (χ1v) is 10.9. The van der Waals surface area contributed by atoms with Gasteiger partial charge in [-0.1, -0.05) is 96.8 Å². The highest BCUT2D eigenvalue weighted by Crippen LogP contribution is 2.14. The summed E-state index contributed by atoms with van der Waals surface area (Å²) in [5.41, 5.74) is 0. The Kier molecular flexibility index (Phi) is 18.0. The van der Waals surface area contributed by atoms with Crippen LogP contribution in [0.5, 0.6) is 0 Å². The normalized spacial score (nSPS) is 12.0. The van der Waals surface area contributed by atoms with Crippen LogP contribution in [-0.4, -0.2) is 18.2 Å². The second-order valence-electron chi connectivity index (χ2n) is 7.37. The van der Waals surface area contributed by atoms with Crippen molar-refractivity contribution in [2.45, 2.75) is 130 Å². The third-order valence-electron chi connectivity index (χ3n) is 4.61. The summed E-state index contributed by atoms with van der Waals surface area (Å²) in [6.07, 6.45) is 19.2. The molecule has 0 saturated heterocycles. The fourth-order valence-electron chi connectivity index (χ4n) is 3.14. The van der Waals surface area contributed by atoms with Crippen molar-refractivity contribution in [3.05, 3.63) is 0 Å². The molecule has 0 fully saturated rings. The first-order valence-electron chi connectivity index (χ1n) is 10.9. The lowest BCUT2D eigenvalue weighted by Crippen LogP contribution is -2.20. The molecule has 0 aliphatic heterocycles. The van der Waals surface area contributed by atoms with Crippen molar-refractivity contribution in [1.29, 1.82) is 0 Å². The molecule has 0 N–H and O–H groups in total. The minimum absolute atomic E-state index is 0.284. The number of ether oxygens (including phenoxy) is 2. The largest absolute Gasteiger partial charge is 0.426 e. The fraction of sp³-hybridized carbons (Fsp3) is 0.909. The highest BCUT2D eigenvalue weighted by atomic mass is 16.7. The summed E-state index contributed by atoms with van der Waals surface area (Å²) in [5, 5.41) is 0. The minimum Gasteiger partial charge on any atom is -0.426 e. The summed E-state index contributed by atoms with van der Waals surface area (Å²) in [4.78, 5) is 22.3. The number of esters is 2. The Hall–Kier alpha value is -1.06. The van der Waals surface area contributed by atoms with E-state index < -0.39 is 12.3 Å². The van der Waals surface area contributed by atoms with Gasteiger partial charge in [0.2, 0.25) is 6.29 Å². The van der Waals surface area contributed by atoms with E-state index >= 15 is 0 Å². The molecule has 0 aromatic carbocycles. The van der Waals surface area contributed by atoms with E-state index in [0.717, 1.165) is 12.8 Å². The predicted molar refractivity (Wildman–Crippen MR) is 107 cm³/mol. The first kappa shape index (κ1) is 24.9. The number of rotatable bonds is 18. The van der Waals surface area contributed by atoms with Gasteiger partial charge in [0.15, 0.2) is 0 Å². The topological polar surface area (TPSA) is 52.6 Å². The molecule has 0 aromatic heterocycles. The Morgan fingerprint density at radius 2 is 1.04 bits per heavy atom. The Bertz CT molecular complexity index is 341. The average Bonchev–Trinajstić information content (AvgIpc) is 2.57. The summed E-state index contributed by atoms with van der Waals surface area (Å²) in [6, 6.07) is 0. The molecule has 154 valence electrons. The van der Waals surface area contributed by atoms with E-state index in [4.69, 9.17) is 9.47 Å². The van der Waals surface area contributed by atoms with E-state index in [2.05, 4.69) is 6.92 Å². The Balaban J connectivity index is 3.21.